The van der Waals surface area contributed by atoms with Crippen LogP contribution in [0.1, 0.15) is 20.8 Å². The molecule has 0 aliphatic rings. The number of anilines is 1. The number of rotatable bonds is 3. The fourth-order valence-electron chi connectivity index (χ4n) is 1.29. The van der Waals surface area contributed by atoms with Gasteiger partial charge in [-0.25, -0.2) is 14.8 Å². The van der Waals surface area contributed by atoms with Gasteiger partial charge >= 0.3 is 5.97 Å². The van der Waals surface area contributed by atoms with Crippen LogP contribution in [0.4, 0.5) is 5.82 Å². The van der Waals surface area contributed by atoms with Crippen LogP contribution in [0.25, 0.3) is 0 Å². The Kier molecular flexibility index (Phi) is 3.86. The van der Waals surface area contributed by atoms with E-state index in [-0.39, 0.29) is 11.3 Å². The number of nitrogens with zero attached hydrogens (tertiary/aromatic N) is 2. The highest BCUT2D eigenvalue weighted by Gasteiger charge is 2.09. The fourth-order valence-corrected chi connectivity index (χ4v) is 1.53. The third kappa shape index (κ3) is 3.35. The van der Waals surface area contributed by atoms with E-state index >= 15 is 0 Å². The van der Waals surface area contributed by atoms with Crippen LogP contribution in [-0.2, 0) is 0 Å². The average Bonchev–Trinajstić information content (AvgIpc) is 2.41. The Bertz CT molecular complexity index is 611. The third-order valence-electron chi connectivity index (χ3n) is 2.21. The van der Waals surface area contributed by atoms with Crippen molar-refractivity contribution in [2.45, 2.75) is 0 Å². The standard InChI is InChI=1S/C12H8BrN3O3/c13-8-2-4-10(15-6-8)16-11(17)7-1-3-9(12(18)19)14-5-7/h1-6H,(H,18,19)(H,15,16,17). The van der Waals surface area contributed by atoms with Gasteiger partial charge in [-0.1, -0.05) is 0 Å². The molecular formula is C12H8BrN3O3. The zero-order valence-electron chi connectivity index (χ0n) is 9.50. The normalized spacial score (nSPS) is 9.95. The number of hydrogen-bond acceptors (Lipinski definition) is 4. The molecule has 2 aromatic rings. The van der Waals surface area contributed by atoms with Gasteiger partial charge in [-0.05, 0) is 40.2 Å². The number of aromatic carboxylic acids is 1. The molecule has 0 aromatic carbocycles. The minimum Gasteiger partial charge on any atom is -0.477 e. The summed E-state index contributed by atoms with van der Waals surface area (Å²) in [6.07, 6.45) is 2.76. The van der Waals surface area contributed by atoms with Gasteiger partial charge in [0.25, 0.3) is 5.91 Å². The second kappa shape index (κ2) is 5.57. The SMILES string of the molecule is O=C(Nc1ccc(Br)cn1)c1ccc(C(=O)O)nc1. The van der Waals surface area contributed by atoms with Gasteiger partial charge in [0.1, 0.15) is 11.5 Å². The zero-order valence-corrected chi connectivity index (χ0v) is 11.1. The lowest BCUT2D eigenvalue weighted by molar-refractivity contribution is 0.0690. The van der Waals surface area contributed by atoms with Crippen molar-refractivity contribution in [3.8, 4) is 0 Å². The van der Waals surface area contributed by atoms with Gasteiger partial charge in [-0.2, -0.15) is 0 Å². The number of carboxylic acids is 1. The molecular weight excluding hydrogens is 314 g/mol. The van der Waals surface area contributed by atoms with E-state index in [9.17, 15) is 9.59 Å². The summed E-state index contributed by atoms with van der Waals surface area (Å²) < 4.78 is 0.804. The lowest BCUT2D eigenvalue weighted by Gasteiger charge is -2.04. The van der Waals surface area contributed by atoms with E-state index in [1.807, 2.05) is 0 Å². The Morgan fingerprint density at radius 1 is 1.11 bits per heavy atom. The molecule has 0 bridgehead atoms. The van der Waals surface area contributed by atoms with Gasteiger partial charge in [0.2, 0.25) is 0 Å². The van der Waals surface area contributed by atoms with Crippen molar-refractivity contribution in [2.75, 3.05) is 5.32 Å². The Balaban J connectivity index is 2.11. The molecule has 0 unspecified atom stereocenters. The second-order valence-corrected chi connectivity index (χ2v) is 4.47. The van der Waals surface area contributed by atoms with Crippen LogP contribution in [0, 0.1) is 0 Å². The molecule has 0 spiro atoms. The quantitative estimate of drug-likeness (QED) is 0.904. The largest absolute Gasteiger partial charge is 0.477 e. The third-order valence-corrected chi connectivity index (χ3v) is 2.68. The van der Waals surface area contributed by atoms with Gasteiger partial charge in [0.15, 0.2) is 0 Å². The topological polar surface area (TPSA) is 92.2 Å². The molecule has 0 radical (unpaired) electrons. The van der Waals surface area contributed by atoms with E-state index < -0.39 is 11.9 Å². The molecule has 96 valence electrons. The zero-order chi connectivity index (χ0) is 13.8. The second-order valence-electron chi connectivity index (χ2n) is 3.55. The first kappa shape index (κ1) is 13.2. The van der Waals surface area contributed by atoms with E-state index in [0.29, 0.717) is 5.82 Å². The van der Waals surface area contributed by atoms with Crippen molar-refractivity contribution in [1.29, 1.82) is 0 Å². The molecule has 19 heavy (non-hydrogen) atoms. The summed E-state index contributed by atoms with van der Waals surface area (Å²) in [5, 5.41) is 11.3. The molecule has 6 nitrogen and oxygen atoms in total. The number of carbonyl (C=O) groups is 2. The lowest BCUT2D eigenvalue weighted by Crippen LogP contribution is -2.13. The first-order chi connectivity index (χ1) is 9.06. The van der Waals surface area contributed by atoms with Gasteiger partial charge < -0.3 is 10.4 Å². The highest BCUT2D eigenvalue weighted by molar-refractivity contribution is 9.10. The van der Waals surface area contributed by atoms with Crippen molar-refractivity contribution in [2.24, 2.45) is 0 Å². The summed E-state index contributed by atoms with van der Waals surface area (Å²) in [4.78, 5) is 30.1. The minimum absolute atomic E-state index is 0.113. The maximum Gasteiger partial charge on any atom is 0.354 e. The Morgan fingerprint density at radius 2 is 1.89 bits per heavy atom. The summed E-state index contributed by atoms with van der Waals surface area (Å²) in [5.74, 6) is -1.14. The van der Waals surface area contributed by atoms with E-state index in [4.69, 9.17) is 5.11 Å². The maximum atomic E-state index is 11.8. The van der Waals surface area contributed by atoms with Gasteiger partial charge in [-0.3, -0.25) is 4.79 Å². The predicted octanol–water partition coefficient (Wildman–Crippen LogP) is 2.19. The van der Waals surface area contributed by atoms with Crippen molar-refractivity contribution in [1.82, 2.24) is 9.97 Å². The van der Waals surface area contributed by atoms with Crippen molar-refractivity contribution < 1.29 is 14.7 Å². The molecule has 0 saturated carbocycles. The predicted molar refractivity (Wildman–Crippen MR) is 71.1 cm³/mol. The summed E-state index contributed by atoms with van der Waals surface area (Å²) >= 11 is 3.24. The van der Waals surface area contributed by atoms with Crippen molar-refractivity contribution in [3.63, 3.8) is 0 Å². The number of nitrogens with one attached hydrogen (secondary N) is 1. The van der Waals surface area contributed by atoms with E-state index in [0.717, 1.165) is 4.47 Å². The summed E-state index contributed by atoms with van der Waals surface area (Å²) in [5.41, 5.74) is 0.146. The Morgan fingerprint density at radius 3 is 2.42 bits per heavy atom. The monoisotopic (exact) mass is 321 g/mol. The van der Waals surface area contributed by atoms with E-state index in [2.05, 4.69) is 31.2 Å². The van der Waals surface area contributed by atoms with Crippen LogP contribution >= 0.6 is 15.9 Å². The van der Waals surface area contributed by atoms with Gasteiger partial charge in [0.05, 0.1) is 5.56 Å². The van der Waals surface area contributed by atoms with E-state index in [1.165, 1.54) is 18.3 Å². The fraction of sp³-hybridized carbons (Fsp3) is 0. The lowest BCUT2D eigenvalue weighted by atomic mass is 10.2. The number of carbonyl (C=O) groups excluding carboxylic acids is 1. The molecule has 0 atom stereocenters. The van der Waals surface area contributed by atoms with Crippen LogP contribution < -0.4 is 5.32 Å². The Hall–Kier alpha value is -2.28. The highest BCUT2D eigenvalue weighted by atomic mass is 79.9. The number of halogens is 1. The molecule has 7 heteroatoms. The molecule has 2 rings (SSSR count). The van der Waals surface area contributed by atoms with Crippen molar-refractivity contribution in [3.05, 3.63) is 52.4 Å². The summed E-state index contributed by atoms with van der Waals surface area (Å²) in [7, 11) is 0. The van der Waals surface area contributed by atoms with E-state index in [1.54, 1.807) is 18.3 Å². The number of aromatic nitrogens is 2. The van der Waals surface area contributed by atoms with Gasteiger partial charge in [-0.15, -0.1) is 0 Å². The van der Waals surface area contributed by atoms with Crippen molar-refractivity contribution >= 4 is 33.6 Å². The molecule has 1 amide bonds. The van der Waals surface area contributed by atoms with Crippen LogP contribution in [0.15, 0.2) is 41.1 Å². The average molecular weight is 322 g/mol. The molecule has 0 saturated heterocycles. The molecule has 2 N–H and O–H groups in total. The van der Waals surface area contributed by atoms with Crippen LogP contribution in [0.5, 0.6) is 0 Å². The first-order valence-corrected chi connectivity index (χ1v) is 5.98. The van der Waals surface area contributed by atoms with Gasteiger partial charge in [0, 0.05) is 16.9 Å². The number of hydrogen-bond donors (Lipinski definition) is 2. The molecule has 2 heterocycles. The van der Waals surface area contributed by atoms with Crippen LogP contribution in [0.2, 0.25) is 0 Å². The number of amides is 1. The first-order valence-electron chi connectivity index (χ1n) is 5.18. The molecule has 0 fully saturated rings. The number of carboxylic acid groups (broad SMARTS) is 1. The smallest absolute Gasteiger partial charge is 0.354 e. The summed E-state index contributed by atoms with van der Waals surface area (Å²) in [6, 6.07) is 6.05. The maximum absolute atomic E-state index is 11.8. The molecule has 0 aliphatic heterocycles. The highest BCUT2D eigenvalue weighted by Crippen LogP contribution is 2.11. The van der Waals surface area contributed by atoms with Crippen LogP contribution in [-0.4, -0.2) is 27.0 Å². The molecule has 2 aromatic heterocycles. The Labute approximate surface area is 116 Å². The minimum atomic E-state index is -1.14. The summed E-state index contributed by atoms with van der Waals surface area (Å²) in [6.45, 7) is 0. The molecule has 0 aliphatic carbocycles. The number of pyridine rings is 2. The van der Waals surface area contributed by atoms with Crippen LogP contribution in [0.3, 0.4) is 0 Å².